The largest absolute Gasteiger partial charge is 0.478 e. The van der Waals surface area contributed by atoms with Crippen LogP contribution < -0.4 is 4.90 Å². The molecule has 1 amide bonds. The minimum absolute atomic E-state index is 0.0842. The van der Waals surface area contributed by atoms with Crippen LogP contribution in [0.5, 0.6) is 0 Å². The molecule has 5 heteroatoms. The average Bonchev–Trinajstić information content (AvgIpc) is 2.73. The van der Waals surface area contributed by atoms with Gasteiger partial charge in [-0.1, -0.05) is 48.0 Å². The number of amides is 1. The summed E-state index contributed by atoms with van der Waals surface area (Å²) in [4.78, 5) is 27.5. The number of fused-ring (bicyclic) bond motifs is 1. The molecule has 0 saturated heterocycles. The van der Waals surface area contributed by atoms with Crippen LogP contribution in [-0.2, 0) is 17.8 Å². The van der Waals surface area contributed by atoms with E-state index in [1.807, 2.05) is 23.1 Å². The van der Waals surface area contributed by atoms with Gasteiger partial charge >= 0.3 is 5.97 Å². The van der Waals surface area contributed by atoms with Gasteiger partial charge in [0.2, 0.25) is 5.91 Å². The number of carboxylic acid groups (broad SMARTS) is 1. The maximum Gasteiger partial charge on any atom is 0.335 e. The summed E-state index contributed by atoms with van der Waals surface area (Å²) in [7, 11) is 0. The Balaban J connectivity index is 1.62. The predicted octanol–water partition coefficient (Wildman–Crippen LogP) is 5.25. The zero-order valence-electron chi connectivity index (χ0n) is 17.0. The van der Waals surface area contributed by atoms with Gasteiger partial charge in [-0.05, 0) is 61.2 Å². The minimum atomic E-state index is -0.946. The van der Waals surface area contributed by atoms with E-state index in [0.29, 0.717) is 13.0 Å². The molecule has 0 saturated carbocycles. The lowest BCUT2D eigenvalue weighted by Gasteiger charge is -2.34. The van der Waals surface area contributed by atoms with Gasteiger partial charge in [0.05, 0.1) is 23.0 Å². The molecule has 0 fully saturated rings. The topological polar surface area (TPSA) is 57.6 Å². The first-order chi connectivity index (χ1) is 14.4. The summed E-state index contributed by atoms with van der Waals surface area (Å²) in [5.74, 6) is -0.862. The van der Waals surface area contributed by atoms with Crippen LogP contribution in [0.1, 0.15) is 32.6 Å². The van der Waals surface area contributed by atoms with Crippen molar-refractivity contribution in [2.45, 2.75) is 37.0 Å². The van der Waals surface area contributed by atoms with E-state index in [1.54, 1.807) is 36.0 Å². The van der Waals surface area contributed by atoms with Crippen LogP contribution >= 0.6 is 11.8 Å². The van der Waals surface area contributed by atoms with Crippen LogP contribution in [0.15, 0.2) is 71.6 Å². The highest BCUT2D eigenvalue weighted by molar-refractivity contribution is 8.01. The molecule has 0 spiro atoms. The van der Waals surface area contributed by atoms with E-state index >= 15 is 0 Å². The molecule has 1 aliphatic rings. The molecule has 4 rings (SSSR count). The number of nitrogens with zero attached hydrogens (tertiary/aromatic N) is 1. The van der Waals surface area contributed by atoms with Gasteiger partial charge in [0.25, 0.3) is 0 Å². The molecular formula is C25H23NO3S. The summed E-state index contributed by atoms with van der Waals surface area (Å²) in [5.41, 5.74) is 5.68. The van der Waals surface area contributed by atoms with Crippen LogP contribution in [0.4, 0.5) is 5.69 Å². The van der Waals surface area contributed by atoms with Crippen molar-refractivity contribution >= 4 is 29.3 Å². The van der Waals surface area contributed by atoms with E-state index in [0.717, 1.165) is 21.7 Å². The number of anilines is 1. The summed E-state index contributed by atoms with van der Waals surface area (Å²) in [6.45, 7) is 4.69. The first-order valence-electron chi connectivity index (χ1n) is 9.88. The minimum Gasteiger partial charge on any atom is -0.478 e. The van der Waals surface area contributed by atoms with Gasteiger partial charge in [-0.25, -0.2) is 4.79 Å². The Morgan fingerprint density at radius 1 is 1.03 bits per heavy atom. The summed E-state index contributed by atoms with van der Waals surface area (Å²) < 4.78 is 0. The van der Waals surface area contributed by atoms with Gasteiger partial charge in [0, 0.05) is 4.90 Å². The molecule has 3 aromatic rings. The number of para-hydroxylation sites is 1. The lowest BCUT2D eigenvalue weighted by molar-refractivity contribution is -0.118. The molecule has 4 nitrogen and oxygen atoms in total. The Morgan fingerprint density at radius 3 is 2.47 bits per heavy atom. The summed E-state index contributed by atoms with van der Waals surface area (Å²) in [6.07, 6.45) is 0.557. The molecule has 1 heterocycles. The van der Waals surface area contributed by atoms with E-state index in [9.17, 15) is 9.59 Å². The van der Waals surface area contributed by atoms with Crippen molar-refractivity contribution in [1.82, 2.24) is 0 Å². The summed E-state index contributed by atoms with van der Waals surface area (Å²) in [5, 5.41) is 8.85. The molecule has 152 valence electrons. The smallest absolute Gasteiger partial charge is 0.335 e. The maximum absolute atomic E-state index is 13.5. The van der Waals surface area contributed by atoms with Crippen LogP contribution in [0.3, 0.4) is 0 Å². The zero-order chi connectivity index (χ0) is 21.3. The number of carboxylic acids is 1. The van der Waals surface area contributed by atoms with E-state index < -0.39 is 5.97 Å². The Morgan fingerprint density at radius 2 is 1.77 bits per heavy atom. The third-order valence-electron chi connectivity index (χ3n) is 5.42. The number of aryl methyl sites for hydroxylation is 2. The molecule has 0 radical (unpaired) electrons. The van der Waals surface area contributed by atoms with Crippen molar-refractivity contribution in [2.24, 2.45) is 0 Å². The van der Waals surface area contributed by atoms with Crippen LogP contribution in [-0.4, -0.2) is 22.2 Å². The van der Waals surface area contributed by atoms with Crippen LogP contribution in [0, 0.1) is 13.8 Å². The highest BCUT2D eigenvalue weighted by Crippen LogP contribution is 2.41. The van der Waals surface area contributed by atoms with Gasteiger partial charge in [-0.15, -0.1) is 11.8 Å². The fourth-order valence-corrected chi connectivity index (χ4v) is 5.03. The Bertz CT molecular complexity index is 1110. The number of benzene rings is 3. The Kier molecular flexibility index (Phi) is 5.64. The Hall–Kier alpha value is -3.05. The quantitative estimate of drug-likeness (QED) is 0.616. The van der Waals surface area contributed by atoms with E-state index in [-0.39, 0.29) is 16.7 Å². The van der Waals surface area contributed by atoms with E-state index in [4.69, 9.17) is 5.11 Å². The Labute approximate surface area is 180 Å². The highest BCUT2D eigenvalue weighted by Gasteiger charge is 2.33. The van der Waals surface area contributed by atoms with Crippen molar-refractivity contribution in [3.8, 4) is 0 Å². The molecule has 3 aromatic carbocycles. The molecule has 30 heavy (non-hydrogen) atoms. The summed E-state index contributed by atoms with van der Waals surface area (Å²) in [6, 6.07) is 21.1. The molecule has 1 aliphatic heterocycles. The predicted molar refractivity (Wildman–Crippen MR) is 120 cm³/mol. The first-order valence-corrected chi connectivity index (χ1v) is 10.8. The normalized spacial score (nSPS) is 15.7. The van der Waals surface area contributed by atoms with Crippen molar-refractivity contribution < 1.29 is 14.7 Å². The van der Waals surface area contributed by atoms with Gasteiger partial charge in [-0.3, -0.25) is 4.79 Å². The molecule has 0 bridgehead atoms. The molecular weight excluding hydrogens is 394 g/mol. The van der Waals surface area contributed by atoms with E-state index in [2.05, 4.69) is 38.1 Å². The van der Waals surface area contributed by atoms with Crippen LogP contribution in [0.2, 0.25) is 0 Å². The SMILES string of the molecule is Cc1ccc(CN2C(=O)C(Cc3ccc(C(=O)O)cc3)Sc3ccccc32)c(C)c1. The second-order valence-corrected chi connectivity index (χ2v) is 8.88. The number of aromatic carboxylic acids is 1. The van der Waals surface area contributed by atoms with Gasteiger partial charge in [0.15, 0.2) is 0 Å². The lowest BCUT2D eigenvalue weighted by atomic mass is 10.0. The number of carbonyl (C=O) groups is 2. The maximum atomic E-state index is 13.5. The summed E-state index contributed by atoms with van der Waals surface area (Å²) >= 11 is 1.58. The van der Waals surface area contributed by atoms with Crippen molar-refractivity contribution in [2.75, 3.05) is 4.90 Å². The number of carbonyl (C=O) groups excluding carboxylic acids is 1. The number of thioether (sulfide) groups is 1. The van der Waals surface area contributed by atoms with E-state index in [1.165, 1.54) is 11.1 Å². The molecule has 0 aromatic heterocycles. The second-order valence-electron chi connectivity index (χ2n) is 7.63. The molecule has 1 N–H and O–H groups in total. The van der Waals surface area contributed by atoms with Crippen molar-refractivity contribution in [3.05, 3.63) is 94.5 Å². The third kappa shape index (κ3) is 4.12. The fraction of sp³-hybridized carbons (Fsp3) is 0.200. The van der Waals surface area contributed by atoms with Gasteiger partial charge in [0.1, 0.15) is 0 Å². The first kappa shape index (κ1) is 20.2. The second kappa shape index (κ2) is 8.36. The average molecular weight is 418 g/mol. The van der Waals surface area contributed by atoms with Gasteiger partial charge in [-0.2, -0.15) is 0 Å². The monoisotopic (exact) mass is 417 g/mol. The molecule has 1 atom stereocenters. The highest BCUT2D eigenvalue weighted by atomic mass is 32.2. The number of hydrogen-bond donors (Lipinski definition) is 1. The number of hydrogen-bond acceptors (Lipinski definition) is 3. The van der Waals surface area contributed by atoms with Gasteiger partial charge < -0.3 is 10.0 Å². The van der Waals surface area contributed by atoms with Crippen molar-refractivity contribution in [1.29, 1.82) is 0 Å². The third-order valence-corrected chi connectivity index (χ3v) is 6.67. The molecule has 0 aliphatic carbocycles. The zero-order valence-corrected chi connectivity index (χ0v) is 17.8. The fourth-order valence-electron chi connectivity index (χ4n) is 3.76. The molecule has 1 unspecified atom stereocenters. The lowest BCUT2D eigenvalue weighted by Crippen LogP contribution is -2.41. The number of rotatable bonds is 5. The van der Waals surface area contributed by atoms with Crippen LogP contribution in [0.25, 0.3) is 0 Å². The standard InChI is InChI=1S/C25H23NO3S/c1-16-7-10-20(17(2)13-16)15-26-21-5-3-4-6-22(21)30-23(24(26)27)14-18-8-11-19(12-9-18)25(28)29/h3-13,23H,14-15H2,1-2H3,(H,28,29). The van der Waals surface area contributed by atoms with Crippen molar-refractivity contribution in [3.63, 3.8) is 0 Å².